The molecule has 3 unspecified atom stereocenters. The van der Waals surface area contributed by atoms with E-state index in [0.717, 1.165) is 19.2 Å². The summed E-state index contributed by atoms with van der Waals surface area (Å²) in [4.78, 5) is 0. The van der Waals surface area contributed by atoms with Crippen LogP contribution >= 0.6 is 19.3 Å². The Balaban J connectivity index is 2.43. The summed E-state index contributed by atoms with van der Waals surface area (Å²) in [5.41, 5.74) is -0.343. The summed E-state index contributed by atoms with van der Waals surface area (Å²) < 4.78 is 30.2. The summed E-state index contributed by atoms with van der Waals surface area (Å²) >= 11 is 0.996. The van der Waals surface area contributed by atoms with Gasteiger partial charge >= 0.3 is 0 Å². The first-order valence-corrected chi connectivity index (χ1v) is 7.82. The Bertz CT molecular complexity index is 278. The highest BCUT2D eigenvalue weighted by Crippen LogP contribution is 2.44. The minimum Gasteiger partial charge on any atom is -0.392 e. The molecule has 0 amide bonds. The Kier molecular flexibility index (Phi) is 5.47. The highest BCUT2D eigenvalue weighted by atomic mass is 32.7. The van der Waals surface area contributed by atoms with Gasteiger partial charge in [0.1, 0.15) is 14.3 Å². The molecule has 7 heteroatoms. The van der Waals surface area contributed by atoms with E-state index in [1.165, 1.54) is 0 Å². The summed E-state index contributed by atoms with van der Waals surface area (Å²) in [6, 6.07) is 0. The molecule has 1 fully saturated rings. The molecule has 17 heavy (non-hydrogen) atoms. The van der Waals surface area contributed by atoms with Gasteiger partial charge < -0.3 is 18.8 Å². The third kappa shape index (κ3) is 4.08. The lowest BCUT2D eigenvalue weighted by atomic mass is 9.85. The summed E-state index contributed by atoms with van der Waals surface area (Å²) in [5.74, 6) is -0.0153. The molecule has 0 spiro atoms. The number of aliphatic hydroxyl groups is 1. The molecule has 0 saturated heterocycles. The highest BCUT2D eigenvalue weighted by Gasteiger charge is 2.49. The van der Waals surface area contributed by atoms with Crippen molar-refractivity contribution >= 4 is 26.8 Å². The quantitative estimate of drug-likeness (QED) is 0.316. The number of hydrogen-bond donors (Lipinski definition) is 1. The molecule has 0 aromatic heterocycles. The fourth-order valence-corrected chi connectivity index (χ4v) is 2.91. The molecule has 1 rings (SSSR count). The lowest BCUT2D eigenvalue weighted by Crippen LogP contribution is -2.36. The Morgan fingerprint density at radius 2 is 2.53 bits per heavy atom. The van der Waals surface area contributed by atoms with Crippen LogP contribution in [0.4, 0.5) is 0 Å². The molecule has 4 atom stereocenters. The maximum Gasteiger partial charge on any atom is 0.146 e. The Morgan fingerprint density at radius 3 is 3.18 bits per heavy atom. The third-order valence-corrected chi connectivity index (χ3v) is 4.22. The second-order valence-electron chi connectivity index (χ2n) is 4.79. The predicted octanol–water partition coefficient (Wildman–Crippen LogP) is 1.46. The zero-order chi connectivity index (χ0) is 14.5. The average Bonchev–Trinajstić information content (AvgIpc) is 2.59. The SMILES string of the molecule is [2H]P([B][3H])SOCC1CC(OCOC)C(C)(C)[C@@H]1O. The van der Waals surface area contributed by atoms with Gasteiger partial charge in [0.25, 0.3) is 0 Å². The fourth-order valence-electron chi connectivity index (χ4n) is 2.25. The normalized spacial score (nSPS) is 35.2. The number of aliphatic hydroxyl groups excluding tert-OH is 1. The van der Waals surface area contributed by atoms with Crippen LogP contribution < -0.4 is 0 Å². The van der Waals surface area contributed by atoms with E-state index in [-0.39, 0.29) is 24.2 Å². The Labute approximate surface area is 113 Å². The van der Waals surface area contributed by atoms with Crippen LogP contribution in [0.5, 0.6) is 0 Å². The van der Waals surface area contributed by atoms with E-state index in [2.05, 4.69) is 0 Å². The van der Waals surface area contributed by atoms with Crippen molar-refractivity contribution in [3.8, 4) is 0 Å². The molecule has 0 aromatic carbocycles. The van der Waals surface area contributed by atoms with Crippen LogP contribution in [0, 0.1) is 11.3 Å². The van der Waals surface area contributed by atoms with Crippen molar-refractivity contribution in [2.45, 2.75) is 32.5 Å². The molecule has 0 aliphatic heterocycles. The smallest absolute Gasteiger partial charge is 0.146 e. The average molecular weight is 282 g/mol. The highest BCUT2D eigenvalue weighted by molar-refractivity contribution is 8.53. The summed E-state index contributed by atoms with van der Waals surface area (Å²) in [6.45, 7) is 4.53. The maximum absolute atomic E-state index is 10.3. The minimum atomic E-state index is -1.30. The molecule has 1 aliphatic rings. The van der Waals surface area contributed by atoms with Gasteiger partial charge in [-0.15, -0.1) is 0 Å². The van der Waals surface area contributed by atoms with E-state index in [9.17, 15) is 5.11 Å². The molecule has 0 aromatic rings. The van der Waals surface area contributed by atoms with Crippen molar-refractivity contribution in [1.82, 2.24) is 0 Å². The van der Waals surface area contributed by atoms with Gasteiger partial charge in [-0.05, 0) is 7.76 Å². The first kappa shape index (κ1) is 12.7. The van der Waals surface area contributed by atoms with E-state index in [1.54, 1.807) is 7.11 Å². The van der Waals surface area contributed by atoms with Crippen molar-refractivity contribution in [3.63, 3.8) is 0 Å². The van der Waals surface area contributed by atoms with E-state index >= 15 is 0 Å². The first-order valence-electron chi connectivity index (χ1n) is 6.54. The first-order chi connectivity index (χ1) is 8.93. The van der Waals surface area contributed by atoms with Gasteiger partial charge in [0, 0.05) is 30.1 Å². The molecule has 0 bridgehead atoms. The lowest BCUT2D eigenvalue weighted by molar-refractivity contribution is -0.114. The van der Waals surface area contributed by atoms with Crippen molar-refractivity contribution in [3.05, 3.63) is 0 Å². The standard InChI is InChI=1S/C10H21BO4PS/c1-10(2)8(14-6-13-3)4-7(9(10)12)5-15-17-16-11/h7-9,11-12,16H,4-6H2,1-3H3/t7?,8?,9-,16?/m1/s1/i11T,16D. The minimum absolute atomic E-state index is 0.0153. The Morgan fingerprint density at radius 1 is 1.76 bits per heavy atom. The third-order valence-electron chi connectivity index (χ3n) is 3.32. The number of hydrogen-bond acceptors (Lipinski definition) is 5. The second-order valence-corrected chi connectivity index (χ2v) is 6.46. The molecule has 1 saturated carbocycles. The molecular weight excluding hydrogens is 258 g/mol. The number of ether oxygens (including phenoxy) is 2. The van der Waals surface area contributed by atoms with Crippen LogP contribution in [0.2, 0.25) is 0 Å². The largest absolute Gasteiger partial charge is 0.392 e. The molecule has 99 valence electrons. The molecular formula is C10H21BO4PS. The van der Waals surface area contributed by atoms with E-state index < -0.39 is 13.7 Å². The predicted molar refractivity (Wildman–Crippen MR) is 73.7 cm³/mol. The number of rotatable bonds is 8. The molecule has 4 nitrogen and oxygen atoms in total. The molecule has 1 radical (unpaired) electrons. The van der Waals surface area contributed by atoms with Crippen LogP contribution in [0.15, 0.2) is 0 Å². The van der Waals surface area contributed by atoms with Crippen molar-refractivity contribution in [2.24, 2.45) is 11.3 Å². The maximum atomic E-state index is 10.3. The van der Waals surface area contributed by atoms with Gasteiger partial charge in [-0.2, -0.15) is 0 Å². The van der Waals surface area contributed by atoms with Gasteiger partial charge in [0.05, 0.1) is 20.1 Å². The lowest BCUT2D eigenvalue weighted by Gasteiger charge is -2.30. The molecule has 0 heterocycles. The van der Waals surface area contributed by atoms with Crippen molar-refractivity contribution in [1.29, 1.82) is 2.61 Å². The van der Waals surface area contributed by atoms with Crippen LogP contribution in [0.25, 0.3) is 0 Å². The van der Waals surface area contributed by atoms with Gasteiger partial charge in [0.15, 0.2) is 0 Å². The summed E-state index contributed by atoms with van der Waals surface area (Å²) in [7, 11) is 1.34. The van der Waals surface area contributed by atoms with Crippen molar-refractivity contribution < 1.29 is 18.8 Å². The number of methoxy groups -OCH3 is 1. The van der Waals surface area contributed by atoms with Crippen LogP contribution in [0.1, 0.15) is 20.3 Å². The fraction of sp³-hybridized carbons (Fsp3) is 1.00. The topological polar surface area (TPSA) is 47.9 Å². The van der Waals surface area contributed by atoms with E-state index in [4.69, 9.17) is 16.3 Å². The molecule has 1 aliphatic carbocycles. The van der Waals surface area contributed by atoms with Crippen molar-refractivity contribution in [2.75, 3.05) is 20.5 Å². The van der Waals surface area contributed by atoms with Gasteiger partial charge in [-0.25, -0.2) is 0 Å². The van der Waals surface area contributed by atoms with Gasteiger partial charge in [-0.3, -0.25) is 0 Å². The second kappa shape index (κ2) is 7.32. The monoisotopic (exact) mass is 282 g/mol. The van der Waals surface area contributed by atoms with Crippen LogP contribution in [-0.2, 0) is 13.7 Å². The zero-order valence-electron chi connectivity index (χ0n) is 12.5. The Hall–Kier alpha value is 0.685. The zero-order valence-corrected chi connectivity index (χ0v) is 12.2. The van der Waals surface area contributed by atoms with Gasteiger partial charge in [-0.1, -0.05) is 21.5 Å². The molecule has 1 N–H and O–H groups in total. The van der Waals surface area contributed by atoms with E-state index in [0.29, 0.717) is 13.0 Å². The van der Waals surface area contributed by atoms with E-state index in [1.807, 2.05) is 13.8 Å². The van der Waals surface area contributed by atoms with Crippen LogP contribution in [-0.4, -0.2) is 48.0 Å². The summed E-state index contributed by atoms with van der Waals surface area (Å²) in [5, 5.41) is 10.3. The van der Waals surface area contributed by atoms with Gasteiger partial charge in [0.2, 0.25) is 0 Å². The summed E-state index contributed by atoms with van der Waals surface area (Å²) in [6.07, 6.45) is 0.131. The van der Waals surface area contributed by atoms with Crippen LogP contribution in [0.3, 0.4) is 0 Å².